The number of pyridine rings is 1. The molecule has 23 heavy (non-hydrogen) atoms. The Kier molecular flexibility index (Phi) is 4.17. The second-order valence-corrected chi connectivity index (χ2v) is 5.76. The first-order valence-corrected chi connectivity index (χ1v) is 7.55. The van der Waals surface area contributed by atoms with Crippen LogP contribution in [0.2, 0.25) is 5.02 Å². The number of nitrogens with zero attached hydrogens (tertiary/aromatic N) is 1. The number of aromatic nitrogens is 1. The first-order valence-electron chi connectivity index (χ1n) is 7.17. The van der Waals surface area contributed by atoms with E-state index in [1.165, 1.54) is 4.90 Å². The molecule has 2 aromatic carbocycles. The molecule has 1 heterocycles. The molecule has 1 N–H and O–H groups in total. The lowest BCUT2D eigenvalue weighted by atomic mass is 10.1. The van der Waals surface area contributed by atoms with Crippen LogP contribution in [0.15, 0.2) is 59.4 Å². The van der Waals surface area contributed by atoms with Crippen molar-refractivity contribution in [1.29, 1.82) is 0 Å². The van der Waals surface area contributed by atoms with Crippen LogP contribution in [0.5, 0.6) is 0 Å². The molecule has 0 unspecified atom stereocenters. The summed E-state index contributed by atoms with van der Waals surface area (Å²) in [7, 11) is 1.68. The summed E-state index contributed by atoms with van der Waals surface area (Å²) < 4.78 is 0. The number of halogens is 1. The van der Waals surface area contributed by atoms with E-state index >= 15 is 0 Å². The largest absolute Gasteiger partial charge is 0.336 e. The van der Waals surface area contributed by atoms with Gasteiger partial charge in [0.15, 0.2) is 0 Å². The van der Waals surface area contributed by atoms with Crippen molar-refractivity contribution in [3.8, 4) is 0 Å². The van der Waals surface area contributed by atoms with Crippen molar-refractivity contribution in [3.63, 3.8) is 0 Å². The van der Waals surface area contributed by atoms with Crippen molar-refractivity contribution < 1.29 is 4.79 Å². The predicted octanol–water partition coefficient (Wildman–Crippen LogP) is 3.45. The lowest BCUT2D eigenvalue weighted by Crippen LogP contribution is -2.28. The summed E-state index contributed by atoms with van der Waals surface area (Å²) in [6.45, 7) is 0.368. The summed E-state index contributed by atoms with van der Waals surface area (Å²) in [6, 6.07) is 16.2. The van der Waals surface area contributed by atoms with Gasteiger partial charge in [-0.3, -0.25) is 9.59 Å². The fourth-order valence-electron chi connectivity index (χ4n) is 2.49. The van der Waals surface area contributed by atoms with Crippen molar-refractivity contribution in [2.75, 3.05) is 7.05 Å². The number of hydrogen-bond donors (Lipinski definition) is 1. The molecule has 0 saturated heterocycles. The van der Waals surface area contributed by atoms with Gasteiger partial charge in [0.1, 0.15) is 5.69 Å². The first kappa shape index (κ1) is 15.3. The number of aromatic amines is 1. The van der Waals surface area contributed by atoms with Gasteiger partial charge in [-0.25, -0.2) is 0 Å². The Balaban J connectivity index is 1.91. The molecule has 0 aliphatic rings. The van der Waals surface area contributed by atoms with Crippen LogP contribution in [0.3, 0.4) is 0 Å². The van der Waals surface area contributed by atoms with E-state index in [1.54, 1.807) is 31.3 Å². The van der Waals surface area contributed by atoms with Crippen LogP contribution in [-0.4, -0.2) is 22.8 Å². The Morgan fingerprint density at radius 3 is 2.61 bits per heavy atom. The topological polar surface area (TPSA) is 53.2 Å². The highest BCUT2D eigenvalue weighted by Crippen LogP contribution is 2.17. The van der Waals surface area contributed by atoms with Gasteiger partial charge in [0.2, 0.25) is 0 Å². The highest BCUT2D eigenvalue weighted by molar-refractivity contribution is 6.31. The highest BCUT2D eigenvalue weighted by Gasteiger charge is 2.15. The van der Waals surface area contributed by atoms with Crippen LogP contribution in [0, 0.1) is 0 Å². The fourth-order valence-corrected chi connectivity index (χ4v) is 2.68. The Morgan fingerprint density at radius 2 is 1.83 bits per heavy atom. The number of carbonyl (C=O) groups is 1. The molecule has 116 valence electrons. The average Bonchev–Trinajstić information content (AvgIpc) is 2.56. The van der Waals surface area contributed by atoms with Crippen LogP contribution < -0.4 is 5.56 Å². The van der Waals surface area contributed by atoms with Crippen LogP contribution >= 0.6 is 11.6 Å². The molecule has 1 amide bonds. The minimum absolute atomic E-state index is 0.257. The third-order valence-corrected chi connectivity index (χ3v) is 4.06. The molecular weight excluding hydrogens is 312 g/mol. The minimum atomic E-state index is -0.266. The molecule has 5 heteroatoms. The van der Waals surface area contributed by atoms with Crippen LogP contribution in [0.1, 0.15) is 16.1 Å². The summed E-state index contributed by atoms with van der Waals surface area (Å²) in [5.74, 6) is -0.257. The zero-order chi connectivity index (χ0) is 16.4. The number of hydrogen-bond acceptors (Lipinski definition) is 2. The number of fused-ring (bicyclic) bond motifs is 1. The maximum Gasteiger partial charge on any atom is 0.270 e. The summed E-state index contributed by atoms with van der Waals surface area (Å²) in [5.41, 5.74) is 0.856. The summed E-state index contributed by atoms with van der Waals surface area (Å²) in [6.07, 6.45) is 0. The van der Waals surface area contributed by atoms with Gasteiger partial charge in [-0.05, 0) is 29.1 Å². The van der Waals surface area contributed by atoms with Crippen LogP contribution in [0.25, 0.3) is 10.8 Å². The van der Waals surface area contributed by atoms with Crippen LogP contribution in [0.4, 0.5) is 0 Å². The van der Waals surface area contributed by atoms with Gasteiger partial charge >= 0.3 is 0 Å². The van der Waals surface area contributed by atoms with E-state index in [0.717, 1.165) is 10.9 Å². The molecule has 0 aliphatic carbocycles. The predicted molar refractivity (Wildman–Crippen MR) is 91.8 cm³/mol. The van der Waals surface area contributed by atoms with Gasteiger partial charge in [-0.15, -0.1) is 0 Å². The molecule has 0 spiro atoms. The lowest BCUT2D eigenvalue weighted by molar-refractivity contribution is 0.0779. The number of benzene rings is 2. The Labute approximate surface area is 138 Å². The zero-order valence-corrected chi connectivity index (χ0v) is 13.3. The van der Waals surface area contributed by atoms with Gasteiger partial charge in [0, 0.05) is 24.0 Å². The standard InChI is InChI=1S/C18H15ClN2O2/c1-21(11-13-7-3-5-9-15(13)19)18(23)16-10-12-6-2-4-8-14(12)17(22)20-16/h2-10H,11H2,1H3,(H,20,22). The van der Waals surface area contributed by atoms with E-state index in [-0.39, 0.29) is 17.2 Å². The van der Waals surface area contributed by atoms with Crippen molar-refractivity contribution in [3.05, 3.63) is 81.2 Å². The molecule has 0 atom stereocenters. The Morgan fingerprint density at radius 1 is 1.13 bits per heavy atom. The fraction of sp³-hybridized carbons (Fsp3) is 0.111. The molecule has 3 aromatic rings. The number of H-pyrrole nitrogens is 1. The molecule has 1 aromatic heterocycles. The van der Waals surface area contributed by atoms with Gasteiger partial charge < -0.3 is 9.88 Å². The molecule has 3 rings (SSSR count). The second-order valence-electron chi connectivity index (χ2n) is 5.35. The van der Waals surface area contributed by atoms with E-state index in [0.29, 0.717) is 17.0 Å². The molecule has 0 aliphatic heterocycles. The number of rotatable bonds is 3. The molecule has 0 saturated carbocycles. The SMILES string of the molecule is CN(Cc1ccccc1Cl)C(=O)c1cc2ccccc2c(=O)[nH]1. The van der Waals surface area contributed by atoms with Crippen molar-refractivity contribution in [2.45, 2.75) is 6.54 Å². The Bertz CT molecular complexity index is 933. The van der Waals surface area contributed by atoms with Gasteiger partial charge in [-0.2, -0.15) is 0 Å². The number of amides is 1. The number of carbonyl (C=O) groups excluding carboxylic acids is 1. The molecule has 0 fully saturated rings. The molecule has 0 radical (unpaired) electrons. The quantitative estimate of drug-likeness (QED) is 0.801. The number of nitrogens with one attached hydrogen (secondary N) is 1. The first-order chi connectivity index (χ1) is 11.1. The third-order valence-electron chi connectivity index (χ3n) is 3.70. The van der Waals surface area contributed by atoms with E-state index in [2.05, 4.69) is 4.98 Å². The van der Waals surface area contributed by atoms with E-state index in [4.69, 9.17) is 11.6 Å². The molecule has 4 nitrogen and oxygen atoms in total. The van der Waals surface area contributed by atoms with Gasteiger partial charge in [0.25, 0.3) is 11.5 Å². The highest BCUT2D eigenvalue weighted by atomic mass is 35.5. The lowest BCUT2D eigenvalue weighted by Gasteiger charge is -2.18. The smallest absolute Gasteiger partial charge is 0.270 e. The van der Waals surface area contributed by atoms with Gasteiger partial charge in [-0.1, -0.05) is 48.0 Å². The summed E-state index contributed by atoms with van der Waals surface area (Å²) in [4.78, 5) is 28.8. The minimum Gasteiger partial charge on any atom is -0.336 e. The summed E-state index contributed by atoms with van der Waals surface area (Å²) in [5, 5.41) is 1.92. The molecule has 0 bridgehead atoms. The average molecular weight is 327 g/mol. The van der Waals surface area contributed by atoms with E-state index in [1.807, 2.05) is 30.3 Å². The third kappa shape index (κ3) is 3.12. The van der Waals surface area contributed by atoms with Crippen LogP contribution in [-0.2, 0) is 6.54 Å². The monoisotopic (exact) mass is 326 g/mol. The van der Waals surface area contributed by atoms with E-state index in [9.17, 15) is 9.59 Å². The maximum absolute atomic E-state index is 12.6. The zero-order valence-electron chi connectivity index (χ0n) is 12.5. The maximum atomic E-state index is 12.6. The van der Waals surface area contributed by atoms with Crippen molar-refractivity contribution in [1.82, 2.24) is 9.88 Å². The second kappa shape index (κ2) is 6.26. The van der Waals surface area contributed by atoms with Crippen molar-refractivity contribution >= 4 is 28.3 Å². The van der Waals surface area contributed by atoms with E-state index < -0.39 is 0 Å². The normalized spacial score (nSPS) is 10.7. The van der Waals surface area contributed by atoms with Gasteiger partial charge in [0.05, 0.1) is 0 Å². The Hall–Kier alpha value is -2.59. The summed E-state index contributed by atoms with van der Waals surface area (Å²) >= 11 is 6.13. The molecular formula is C18H15ClN2O2. The van der Waals surface area contributed by atoms with Crippen molar-refractivity contribution in [2.24, 2.45) is 0 Å².